The lowest BCUT2D eigenvalue weighted by Crippen LogP contribution is -2.41. The van der Waals surface area contributed by atoms with Gasteiger partial charge >= 0.3 is 23.9 Å². The fourth-order valence-electron chi connectivity index (χ4n) is 4.96. The number of phenolic OH excluding ortho intramolecular Hbond substituents is 1. The standard InChI is InChI=1S/C38H57N3O10/c1-36(2,3)49-33(45)18-14-28-13-16-31(43)29(39-28)23-41(25-35(47)51-38(7,8)9)20-19-40(24-34(46)50-37(4,5)6)22-27-21-26(11-15-30(27)42)12-17-32(44)48-10/h11,13,15-16,21,42-43H,12,14,17-20,22-25H2,1-10H3. The number of benzene rings is 1. The van der Waals surface area contributed by atoms with Crippen molar-refractivity contribution in [3.63, 3.8) is 0 Å². The zero-order chi connectivity index (χ0) is 38.6. The van der Waals surface area contributed by atoms with E-state index in [2.05, 4.69) is 4.98 Å². The van der Waals surface area contributed by atoms with Crippen molar-refractivity contribution in [2.45, 2.75) is 118 Å². The fourth-order valence-corrected chi connectivity index (χ4v) is 4.96. The molecule has 13 nitrogen and oxygen atoms in total. The molecular formula is C38H57N3O10. The first-order chi connectivity index (χ1) is 23.5. The second-order valence-corrected chi connectivity index (χ2v) is 15.5. The molecule has 13 heteroatoms. The lowest BCUT2D eigenvalue weighted by atomic mass is 10.0. The number of esters is 4. The van der Waals surface area contributed by atoms with Gasteiger partial charge in [0.15, 0.2) is 0 Å². The molecule has 0 fully saturated rings. The molecule has 0 atom stereocenters. The Hall–Kier alpha value is -4.23. The highest BCUT2D eigenvalue weighted by Gasteiger charge is 2.24. The second-order valence-electron chi connectivity index (χ2n) is 15.5. The van der Waals surface area contributed by atoms with E-state index in [4.69, 9.17) is 18.9 Å². The minimum atomic E-state index is -0.732. The number of carbonyl (C=O) groups is 4. The minimum absolute atomic E-state index is 0.0222. The Bertz CT molecular complexity index is 1490. The molecule has 284 valence electrons. The van der Waals surface area contributed by atoms with Crippen molar-refractivity contribution in [1.82, 2.24) is 14.8 Å². The molecule has 51 heavy (non-hydrogen) atoms. The van der Waals surface area contributed by atoms with Crippen LogP contribution in [0.2, 0.25) is 0 Å². The molecule has 1 aromatic heterocycles. The Morgan fingerprint density at radius 2 is 1.14 bits per heavy atom. The van der Waals surface area contributed by atoms with Gasteiger partial charge in [-0.3, -0.25) is 34.0 Å². The second kappa shape index (κ2) is 18.8. The van der Waals surface area contributed by atoms with Gasteiger partial charge in [0.2, 0.25) is 0 Å². The lowest BCUT2D eigenvalue weighted by Gasteiger charge is -2.29. The van der Waals surface area contributed by atoms with Gasteiger partial charge in [-0.15, -0.1) is 0 Å². The molecule has 0 amide bonds. The van der Waals surface area contributed by atoms with Crippen LogP contribution < -0.4 is 0 Å². The van der Waals surface area contributed by atoms with E-state index in [9.17, 15) is 29.4 Å². The number of phenols is 1. The van der Waals surface area contributed by atoms with Crippen LogP contribution in [0.4, 0.5) is 0 Å². The quantitative estimate of drug-likeness (QED) is 0.169. The Balaban J connectivity index is 2.35. The van der Waals surface area contributed by atoms with Crippen LogP contribution in [-0.4, -0.2) is 99.0 Å². The van der Waals surface area contributed by atoms with Gasteiger partial charge in [0, 0.05) is 50.3 Å². The number of methoxy groups -OCH3 is 1. The maximum absolute atomic E-state index is 13.0. The number of hydrogen-bond donors (Lipinski definition) is 2. The number of aryl methyl sites for hydroxylation is 2. The Morgan fingerprint density at radius 3 is 1.67 bits per heavy atom. The highest BCUT2D eigenvalue weighted by Crippen LogP contribution is 2.23. The minimum Gasteiger partial charge on any atom is -0.508 e. The number of aromatic nitrogens is 1. The molecule has 1 aromatic carbocycles. The van der Waals surface area contributed by atoms with Crippen molar-refractivity contribution >= 4 is 23.9 Å². The molecular weight excluding hydrogens is 658 g/mol. The average Bonchev–Trinajstić information content (AvgIpc) is 2.97. The molecule has 2 rings (SSSR count). The van der Waals surface area contributed by atoms with Gasteiger partial charge in [0.05, 0.1) is 32.3 Å². The van der Waals surface area contributed by atoms with Crippen molar-refractivity contribution in [2.24, 2.45) is 0 Å². The van der Waals surface area contributed by atoms with Gasteiger partial charge in [0.1, 0.15) is 28.3 Å². The van der Waals surface area contributed by atoms with E-state index in [1.165, 1.54) is 13.2 Å². The molecule has 0 aliphatic carbocycles. The summed E-state index contributed by atoms with van der Waals surface area (Å²) < 4.78 is 21.3. The third-order valence-electron chi connectivity index (χ3n) is 7.05. The van der Waals surface area contributed by atoms with Crippen LogP contribution in [0, 0.1) is 0 Å². The molecule has 0 saturated carbocycles. The summed E-state index contributed by atoms with van der Waals surface area (Å²) >= 11 is 0. The Morgan fingerprint density at radius 1 is 0.647 bits per heavy atom. The summed E-state index contributed by atoms with van der Waals surface area (Å²) in [5, 5.41) is 21.5. The summed E-state index contributed by atoms with van der Waals surface area (Å²) in [6, 6.07) is 8.19. The Labute approximate surface area is 302 Å². The molecule has 0 aliphatic rings. The highest BCUT2D eigenvalue weighted by atomic mass is 16.6. The van der Waals surface area contributed by atoms with E-state index in [-0.39, 0.29) is 75.5 Å². The largest absolute Gasteiger partial charge is 0.508 e. The first-order valence-corrected chi connectivity index (χ1v) is 17.2. The first kappa shape index (κ1) is 42.9. The summed E-state index contributed by atoms with van der Waals surface area (Å²) in [5.41, 5.74) is 0.149. The van der Waals surface area contributed by atoms with E-state index in [0.29, 0.717) is 29.8 Å². The summed E-state index contributed by atoms with van der Waals surface area (Å²) in [7, 11) is 1.33. The number of rotatable bonds is 17. The third-order valence-corrected chi connectivity index (χ3v) is 7.05. The predicted octanol–water partition coefficient (Wildman–Crippen LogP) is 4.86. The summed E-state index contributed by atoms with van der Waals surface area (Å²) in [5.74, 6) is -1.73. The molecule has 0 saturated heterocycles. The molecule has 1 heterocycles. The number of pyridine rings is 1. The summed E-state index contributed by atoms with van der Waals surface area (Å²) in [6.07, 6.45) is 0.973. The number of nitrogens with zero attached hydrogens (tertiary/aromatic N) is 3. The van der Waals surface area contributed by atoms with Crippen LogP contribution in [0.1, 0.15) is 97.7 Å². The first-order valence-electron chi connectivity index (χ1n) is 17.2. The van der Waals surface area contributed by atoms with E-state index in [1.54, 1.807) is 96.4 Å². The summed E-state index contributed by atoms with van der Waals surface area (Å²) in [4.78, 5) is 58.2. The average molecular weight is 716 g/mol. The van der Waals surface area contributed by atoms with E-state index >= 15 is 0 Å². The van der Waals surface area contributed by atoms with Crippen LogP contribution in [0.25, 0.3) is 0 Å². The third kappa shape index (κ3) is 18.0. The van der Waals surface area contributed by atoms with Crippen LogP contribution in [-0.2, 0) is 64.1 Å². The van der Waals surface area contributed by atoms with Crippen LogP contribution in [0.5, 0.6) is 11.5 Å². The van der Waals surface area contributed by atoms with Crippen molar-refractivity contribution in [3.05, 3.63) is 52.8 Å². The van der Waals surface area contributed by atoms with Gasteiger partial charge < -0.3 is 29.2 Å². The lowest BCUT2D eigenvalue weighted by molar-refractivity contribution is -0.158. The highest BCUT2D eigenvalue weighted by molar-refractivity contribution is 5.73. The van der Waals surface area contributed by atoms with Gasteiger partial charge in [0.25, 0.3) is 0 Å². The van der Waals surface area contributed by atoms with Crippen molar-refractivity contribution in [2.75, 3.05) is 33.3 Å². The van der Waals surface area contributed by atoms with Gasteiger partial charge in [-0.25, -0.2) is 0 Å². The van der Waals surface area contributed by atoms with Crippen molar-refractivity contribution < 1.29 is 48.3 Å². The van der Waals surface area contributed by atoms with E-state index in [0.717, 1.165) is 5.56 Å². The topological polar surface area (TPSA) is 165 Å². The molecule has 0 bridgehead atoms. The number of carbonyl (C=O) groups excluding carboxylic acids is 4. The predicted molar refractivity (Wildman–Crippen MR) is 191 cm³/mol. The van der Waals surface area contributed by atoms with Crippen LogP contribution in [0.3, 0.4) is 0 Å². The van der Waals surface area contributed by atoms with Crippen molar-refractivity contribution in [3.8, 4) is 11.5 Å². The maximum Gasteiger partial charge on any atom is 0.320 e. The molecule has 0 spiro atoms. The fraction of sp³-hybridized carbons (Fsp3) is 0.605. The van der Waals surface area contributed by atoms with E-state index < -0.39 is 28.7 Å². The molecule has 2 N–H and O–H groups in total. The smallest absolute Gasteiger partial charge is 0.320 e. The molecule has 0 radical (unpaired) electrons. The van der Waals surface area contributed by atoms with E-state index in [1.807, 2.05) is 0 Å². The Kier molecular flexibility index (Phi) is 15.9. The molecule has 0 aliphatic heterocycles. The van der Waals surface area contributed by atoms with Gasteiger partial charge in [-0.2, -0.15) is 0 Å². The zero-order valence-electron chi connectivity index (χ0n) is 32.0. The molecule has 2 aromatic rings. The SMILES string of the molecule is COC(=O)CCc1ccc(O)c(CN(CCN(CC(=O)OC(C)(C)C)Cc2nc(CCC(=O)OC(C)(C)C)ccc2O)CC(=O)OC(C)(C)C)c1. The molecule has 0 unspecified atom stereocenters. The normalized spacial score (nSPS) is 12.2. The number of ether oxygens (including phenoxy) is 4. The number of hydrogen-bond acceptors (Lipinski definition) is 13. The summed E-state index contributed by atoms with van der Waals surface area (Å²) in [6.45, 7) is 16.4. The van der Waals surface area contributed by atoms with Gasteiger partial charge in [-0.1, -0.05) is 12.1 Å². The maximum atomic E-state index is 13.0. The monoisotopic (exact) mass is 715 g/mol. The zero-order valence-corrected chi connectivity index (χ0v) is 32.0. The number of aromatic hydroxyl groups is 2. The van der Waals surface area contributed by atoms with Crippen LogP contribution in [0.15, 0.2) is 30.3 Å². The van der Waals surface area contributed by atoms with Gasteiger partial charge in [-0.05, 0) is 92.5 Å². The van der Waals surface area contributed by atoms with Crippen molar-refractivity contribution in [1.29, 1.82) is 0 Å². The van der Waals surface area contributed by atoms with Crippen LogP contribution >= 0.6 is 0 Å².